The van der Waals surface area contributed by atoms with Gasteiger partial charge < -0.3 is 33.8 Å². The molecule has 3 N–H and O–H groups in total. The Labute approximate surface area is 492 Å². The largest absolute Gasteiger partial charge is 0.472 e. The summed E-state index contributed by atoms with van der Waals surface area (Å²) in [5.74, 6) is -2.14. The van der Waals surface area contributed by atoms with Gasteiger partial charge in [-0.15, -0.1) is 0 Å². The fourth-order valence-electron chi connectivity index (χ4n) is 9.28. The number of hydrogen-bond acceptors (Lipinski definition) is 15. The van der Waals surface area contributed by atoms with Crippen molar-refractivity contribution in [1.29, 1.82) is 0 Å². The molecule has 5 atom stereocenters. The summed E-state index contributed by atoms with van der Waals surface area (Å²) < 4.78 is 67.8. The van der Waals surface area contributed by atoms with Crippen molar-refractivity contribution in [2.75, 3.05) is 39.6 Å². The first kappa shape index (κ1) is 79.1. The number of carbonyl (C=O) groups excluding carboxylic acids is 4. The van der Waals surface area contributed by atoms with Gasteiger partial charge >= 0.3 is 39.5 Å². The second-order valence-corrected chi connectivity index (χ2v) is 25.4. The van der Waals surface area contributed by atoms with Gasteiger partial charge in [-0.25, -0.2) is 9.13 Å². The summed E-state index contributed by atoms with van der Waals surface area (Å²) in [6, 6.07) is 0. The Balaban J connectivity index is 5.21. The molecule has 19 heteroatoms. The minimum absolute atomic E-state index is 0.106. The van der Waals surface area contributed by atoms with E-state index in [0.29, 0.717) is 25.7 Å². The highest BCUT2D eigenvalue weighted by molar-refractivity contribution is 7.47. The van der Waals surface area contributed by atoms with Gasteiger partial charge in [-0.05, 0) is 25.7 Å². The maximum Gasteiger partial charge on any atom is 0.472 e. The molecule has 0 radical (unpaired) electrons. The van der Waals surface area contributed by atoms with E-state index in [4.69, 9.17) is 37.0 Å². The molecule has 0 aliphatic heterocycles. The van der Waals surface area contributed by atoms with E-state index in [9.17, 15) is 43.2 Å². The predicted molar refractivity (Wildman–Crippen MR) is 322 cm³/mol. The summed E-state index contributed by atoms with van der Waals surface area (Å²) in [4.78, 5) is 72.0. The van der Waals surface area contributed by atoms with E-state index in [1.165, 1.54) is 135 Å². The van der Waals surface area contributed by atoms with Crippen molar-refractivity contribution in [2.24, 2.45) is 0 Å². The topological polar surface area (TPSA) is 237 Å². The maximum atomic E-state index is 13.0. The lowest BCUT2D eigenvalue weighted by molar-refractivity contribution is -0.161. The predicted octanol–water partition coefficient (Wildman–Crippen LogP) is 17.2. The highest BCUT2D eigenvalue weighted by Crippen LogP contribution is 2.45. The van der Waals surface area contributed by atoms with Crippen molar-refractivity contribution in [2.45, 2.75) is 335 Å². The van der Waals surface area contributed by atoms with E-state index < -0.39 is 97.5 Å². The lowest BCUT2D eigenvalue weighted by Crippen LogP contribution is -2.30. The molecule has 0 heterocycles. The van der Waals surface area contributed by atoms with Gasteiger partial charge in [0, 0.05) is 25.7 Å². The smallest absolute Gasteiger partial charge is 0.462 e. The average molecular weight is 1200 g/mol. The summed E-state index contributed by atoms with van der Waals surface area (Å²) in [6.07, 6.45) is 41.6. The van der Waals surface area contributed by atoms with E-state index in [-0.39, 0.29) is 25.7 Å². The summed E-state index contributed by atoms with van der Waals surface area (Å²) >= 11 is 0. The molecule has 0 aliphatic carbocycles. The van der Waals surface area contributed by atoms with Crippen LogP contribution in [-0.4, -0.2) is 96.7 Å². The molecular weight excluding hydrogens is 1080 g/mol. The number of aliphatic hydroxyl groups is 1. The van der Waals surface area contributed by atoms with Gasteiger partial charge in [-0.2, -0.15) is 0 Å². The number of phosphoric acid groups is 2. The van der Waals surface area contributed by atoms with E-state index >= 15 is 0 Å². The number of rotatable bonds is 63. The molecule has 0 saturated carbocycles. The Morgan fingerprint density at radius 3 is 0.728 bits per heavy atom. The molecule has 0 amide bonds. The standard InChI is InChI=1S/C62H120O17P2/c1-5-9-13-17-21-24-27-29-32-35-39-43-47-60(65)73-53-58(79-62(67)49-45-41-37-33-30-28-25-22-18-14-10-6-2)55-77-81(70,71)75-51-56(63)50-74-80(68,69)76-54-57(52-72-59(64)46-42-38-34-20-16-12-8-4)78-61(66)48-44-40-36-31-26-23-19-15-11-7-3/h56-58,63H,5-55H2,1-4H3,(H,68,69)(H,70,71)/t56-,57+,58+/m0/s1. The molecule has 0 aromatic carbocycles. The first-order valence-electron chi connectivity index (χ1n) is 32.8. The van der Waals surface area contributed by atoms with Crippen LogP contribution in [0, 0.1) is 0 Å². The highest BCUT2D eigenvalue weighted by Gasteiger charge is 2.30. The normalized spacial score (nSPS) is 14.2. The number of hydrogen-bond donors (Lipinski definition) is 3. The summed E-state index contributed by atoms with van der Waals surface area (Å²) in [5.41, 5.74) is 0. The molecule has 2 unspecified atom stereocenters. The molecule has 0 bridgehead atoms. The molecule has 0 saturated heterocycles. The van der Waals surface area contributed by atoms with Crippen LogP contribution in [-0.2, 0) is 65.4 Å². The molecule has 0 spiro atoms. The minimum Gasteiger partial charge on any atom is -0.462 e. The van der Waals surface area contributed by atoms with Crippen molar-refractivity contribution >= 4 is 39.5 Å². The maximum absolute atomic E-state index is 13.0. The monoisotopic (exact) mass is 1200 g/mol. The molecule has 0 aromatic rings. The lowest BCUT2D eigenvalue weighted by atomic mass is 10.0. The number of esters is 4. The first-order chi connectivity index (χ1) is 39.2. The Hall–Kier alpha value is -1.94. The Kier molecular flexibility index (Phi) is 55.8. The van der Waals surface area contributed by atoms with Crippen molar-refractivity contribution in [3.63, 3.8) is 0 Å². The first-order valence-corrected chi connectivity index (χ1v) is 35.8. The minimum atomic E-state index is -4.94. The fraction of sp³-hybridized carbons (Fsp3) is 0.935. The van der Waals surface area contributed by atoms with Gasteiger partial charge in [-0.3, -0.25) is 37.3 Å². The third-order valence-electron chi connectivity index (χ3n) is 14.4. The SMILES string of the molecule is CCCCCCCCCCCCCCC(=O)OC[C@H](COP(=O)(O)OC[C@@H](O)COP(=O)(O)OC[C@@H](COC(=O)CCCCCCCCC)OC(=O)CCCCCCCCCCCC)OC(=O)CCCCCCCCCCCCCC. The summed E-state index contributed by atoms with van der Waals surface area (Å²) in [5, 5.41) is 10.5. The average Bonchev–Trinajstić information content (AvgIpc) is 3.44. The number of carbonyl (C=O) groups is 4. The molecular formula is C62H120O17P2. The zero-order chi connectivity index (χ0) is 59.8. The van der Waals surface area contributed by atoms with Crippen LogP contribution in [0.3, 0.4) is 0 Å². The van der Waals surface area contributed by atoms with Crippen LogP contribution in [0.25, 0.3) is 0 Å². The van der Waals surface area contributed by atoms with E-state index in [2.05, 4.69) is 27.7 Å². The molecule has 480 valence electrons. The van der Waals surface area contributed by atoms with Crippen LogP contribution in [0.4, 0.5) is 0 Å². The Morgan fingerprint density at radius 1 is 0.296 bits per heavy atom. The van der Waals surface area contributed by atoms with Gasteiger partial charge in [0.05, 0.1) is 26.4 Å². The van der Waals surface area contributed by atoms with E-state index in [1.54, 1.807) is 0 Å². The second-order valence-electron chi connectivity index (χ2n) is 22.4. The van der Waals surface area contributed by atoms with Crippen LogP contribution < -0.4 is 0 Å². The third kappa shape index (κ3) is 56.9. The summed E-state index contributed by atoms with van der Waals surface area (Å²) in [6.45, 7) is 4.83. The molecule has 81 heavy (non-hydrogen) atoms. The number of phosphoric ester groups is 2. The quantitative estimate of drug-likeness (QED) is 0.0222. The van der Waals surface area contributed by atoms with Gasteiger partial charge in [0.1, 0.15) is 19.3 Å². The molecule has 17 nitrogen and oxygen atoms in total. The zero-order valence-corrected chi connectivity index (χ0v) is 53.5. The van der Waals surface area contributed by atoms with Crippen LogP contribution >= 0.6 is 15.6 Å². The second kappa shape index (κ2) is 57.2. The van der Waals surface area contributed by atoms with Gasteiger partial charge in [0.25, 0.3) is 0 Å². The van der Waals surface area contributed by atoms with Crippen LogP contribution in [0.15, 0.2) is 0 Å². The lowest BCUT2D eigenvalue weighted by Gasteiger charge is -2.21. The highest BCUT2D eigenvalue weighted by atomic mass is 31.2. The fourth-order valence-corrected chi connectivity index (χ4v) is 10.9. The molecule has 0 fully saturated rings. The van der Waals surface area contributed by atoms with Gasteiger partial charge in [0.15, 0.2) is 12.2 Å². The van der Waals surface area contributed by atoms with Crippen molar-refractivity contribution < 1.29 is 80.2 Å². The number of aliphatic hydroxyl groups excluding tert-OH is 1. The van der Waals surface area contributed by atoms with Gasteiger partial charge in [0.2, 0.25) is 0 Å². The molecule has 0 aromatic heterocycles. The number of unbranched alkanes of at least 4 members (excludes halogenated alkanes) is 37. The van der Waals surface area contributed by atoms with Crippen molar-refractivity contribution in [3.05, 3.63) is 0 Å². The Morgan fingerprint density at radius 2 is 0.494 bits per heavy atom. The molecule has 0 rings (SSSR count). The van der Waals surface area contributed by atoms with Crippen molar-refractivity contribution in [3.8, 4) is 0 Å². The van der Waals surface area contributed by atoms with Crippen molar-refractivity contribution in [1.82, 2.24) is 0 Å². The van der Waals surface area contributed by atoms with Gasteiger partial charge in [-0.1, -0.05) is 265 Å². The van der Waals surface area contributed by atoms with Crippen LogP contribution in [0.1, 0.15) is 317 Å². The number of ether oxygens (including phenoxy) is 4. The van der Waals surface area contributed by atoms with E-state index in [1.807, 2.05) is 0 Å². The summed E-state index contributed by atoms with van der Waals surface area (Å²) in [7, 11) is -9.87. The van der Waals surface area contributed by atoms with E-state index in [0.717, 1.165) is 103 Å². The third-order valence-corrected chi connectivity index (χ3v) is 16.3. The zero-order valence-electron chi connectivity index (χ0n) is 51.7. The molecule has 0 aliphatic rings. The van der Waals surface area contributed by atoms with Crippen LogP contribution in [0.2, 0.25) is 0 Å². The van der Waals surface area contributed by atoms with Crippen LogP contribution in [0.5, 0.6) is 0 Å². The Bertz CT molecular complexity index is 1570.